The van der Waals surface area contributed by atoms with Gasteiger partial charge in [0.15, 0.2) is 0 Å². The van der Waals surface area contributed by atoms with Gasteiger partial charge < -0.3 is 10.0 Å². The summed E-state index contributed by atoms with van der Waals surface area (Å²) in [6, 6.07) is 5.88. The molecule has 1 rings (SSSR count). The molecule has 1 aromatic carbocycles. The van der Waals surface area contributed by atoms with Crippen LogP contribution in [0.5, 0.6) is 0 Å². The molecule has 0 bridgehead atoms. The molecule has 0 spiro atoms. The Hall–Kier alpha value is -1.79. The number of carbonyl (C=O) groups excluding carboxylic acids is 1. The number of hydrogen-bond donors (Lipinski definition) is 1. The smallest absolute Gasteiger partial charge is 0.254 e. The number of carbonyl (C=O) groups is 1. The first-order valence-electron chi connectivity index (χ1n) is 7.52. The van der Waals surface area contributed by atoms with E-state index in [0.717, 1.165) is 24.1 Å². The summed E-state index contributed by atoms with van der Waals surface area (Å²) in [4.78, 5) is 14.6. The molecule has 0 fully saturated rings. The van der Waals surface area contributed by atoms with Crippen LogP contribution in [0.4, 0.5) is 0 Å². The number of aliphatic hydroxyl groups is 1. The van der Waals surface area contributed by atoms with Crippen molar-refractivity contribution in [3.63, 3.8) is 0 Å². The van der Waals surface area contributed by atoms with Crippen LogP contribution in [-0.4, -0.2) is 35.1 Å². The first kappa shape index (κ1) is 17.3. The summed E-state index contributed by atoms with van der Waals surface area (Å²) >= 11 is 0. The maximum atomic E-state index is 12.7. The van der Waals surface area contributed by atoms with Gasteiger partial charge in [-0.05, 0) is 44.9 Å². The lowest BCUT2D eigenvalue weighted by molar-refractivity contribution is 0.0705. The van der Waals surface area contributed by atoms with Gasteiger partial charge in [0.1, 0.15) is 0 Å². The summed E-state index contributed by atoms with van der Waals surface area (Å²) in [5, 5.41) is 8.76. The fraction of sp³-hybridized carbons (Fsp3) is 0.500. The van der Waals surface area contributed by atoms with Crippen LogP contribution < -0.4 is 0 Å². The van der Waals surface area contributed by atoms with Crippen LogP contribution in [0.3, 0.4) is 0 Å². The molecule has 1 aromatic rings. The summed E-state index contributed by atoms with van der Waals surface area (Å²) in [6.07, 6.45) is 1.39. The molecule has 1 amide bonds. The molecule has 0 aromatic heterocycles. The van der Waals surface area contributed by atoms with Gasteiger partial charge in [0.05, 0.1) is 6.61 Å². The fourth-order valence-corrected chi connectivity index (χ4v) is 2.14. The van der Waals surface area contributed by atoms with E-state index in [4.69, 9.17) is 5.11 Å². The minimum atomic E-state index is 0.0578. The highest BCUT2D eigenvalue weighted by Gasteiger charge is 2.19. The summed E-state index contributed by atoms with van der Waals surface area (Å²) < 4.78 is 0. The van der Waals surface area contributed by atoms with Crippen molar-refractivity contribution in [1.82, 2.24) is 4.90 Å². The fourth-order valence-electron chi connectivity index (χ4n) is 2.14. The van der Waals surface area contributed by atoms with Gasteiger partial charge in [0.2, 0.25) is 0 Å². The zero-order valence-corrected chi connectivity index (χ0v) is 13.4. The Bertz CT molecular complexity index is 538. The lowest BCUT2D eigenvalue weighted by Gasteiger charge is -2.27. The largest absolute Gasteiger partial charge is 0.395 e. The van der Waals surface area contributed by atoms with Crippen LogP contribution in [0.1, 0.15) is 55.1 Å². The number of hydrogen-bond acceptors (Lipinski definition) is 2. The lowest BCUT2D eigenvalue weighted by Crippen LogP contribution is -2.37. The molecule has 0 unspecified atom stereocenters. The van der Waals surface area contributed by atoms with E-state index in [1.54, 1.807) is 0 Å². The van der Waals surface area contributed by atoms with Crippen molar-refractivity contribution in [3.05, 3.63) is 34.9 Å². The molecular weight excluding hydrogens is 262 g/mol. The lowest BCUT2D eigenvalue weighted by atomic mass is 10.0. The molecule has 0 aliphatic heterocycles. The monoisotopic (exact) mass is 287 g/mol. The number of amides is 1. The van der Waals surface area contributed by atoms with Gasteiger partial charge in [-0.3, -0.25) is 4.79 Å². The third-order valence-electron chi connectivity index (χ3n) is 3.29. The highest BCUT2D eigenvalue weighted by atomic mass is 16.2. The predicted molar refractivity (Wildman–Crippen MR) is 86.2 cm³/mol. The number of nitrogens with zero attached hydrogens (tertiary/aromatic N) is 1. The van der Waals surface area contributed by atoms with Crippen LogP contribution in [0, 0.1) is 18.8 Å². The van der Waals surface area contributed by atoms with Crippen molar-refractivity contribution in [2.24, 2.45) is 0 Å². The van der Waals surface area contributed by atoms with Crippen LogP contribution >= 0.6 is 0 Å². The average Bonchev–Trinajstić information content (AvgIpc) is 2.45. The highest BCUT2D eigenvalue weighted by Crippen LogP contribution is 2.15. The van der Waals surface area contributed by atoms with E-state index in [0.29, 0.717) is 12.0 Å². The standard InChI is InChI=1S/C18H25NO2/c1-5-11-19(14(2)3)18(21)17-13-16(8-6-7-12-20)10-9-15(17)4/h9-10,13-14,20H,5,7,11-12H2,1-4H3. The van der Waals surface area contributed by atoms with Gasteiger partial charge in [-0.15, -0.1) is 0 Å². The molecule has 0 radical (unpaired) electrons. The van der Waals surface area contributed by atoms with Crippen LogP contribution in [0.25, 0.3) is 0 Å². The summed E-state index contributed by atoms with van der Waals surface area (Å²) in [6.45, 7) is 8.91. The number of rotatable bonds is 5. The number of aliphatic hydroxyl groups excluding tert-OH is 1. The Kier molecular flexibility index (Phi) is 6.98. The van der Waals surface area contributed by atoms with Gasteiger partial charge in [-0.25, -0.2) is 0 Å². The molecule has 0 aliphatic rings. The Labute approximate surface area is 128 Å². The second kappa shape index (κ2) is 8.49. The van der Waals surface area contributed by atoms with E-state index in [1.807, 2.05) is 43.9 Å². The Morgan fingerprint density at radius 1 is 1.38 bits per heavy atom. The van der Waals surface area contributed by atoms with Crippen molar-refractivity contribution in [2.45, 2.75) is 46.6 Å². The minimum Gasteiger partial charge on any atom is -0.395 e. The SMILES string of the molecule is CCCN(C(=O)c1cc(C#CCCO)ccc1C)C(C)C. The average molecular weight is 287 g/mol. The third kappa shape index (κ3) is 4.91. The second-order valence-corrected chi connectivity index (χ2v) is 5.40. The first-order chi connectivity index (χ1) is 10.0. The number of benzene rings is 1. The second-order valence-electron chi connectivity index (χ2n) is 5.40. The Morgan fingerprint density at radius 2 is 2.10 bits per heavy atom. The molecule has 3 nitrogen and oxygen atoms in total. The molecule has 0 heterocycles. The number of aryl methyl sites for hydroxylation is 1. The molecular formula is C18H25NO2. The maximum absolute atomic E-state index is 12.7. The Morgan fingerprint density at radius 3 is 2.67 bits per heavy atom. The van der Waals surface area contributed by atoms with E-state index >= 15 is 0 Å². The maximum Gasteiger partial charge on any atom is 0.254 e. The summed E-state index contributed by atoms with van der Waals surface area (Å²) in [7, 11) is 0. The van der Waals surface area contributed by atoms with Gasteiger partial charge in [-0.1, -0.05) is 24.8 Å². The normalized spacial score (nSPS) is 10.2. The van der Waals surface area contributed by atoms with Crippen molar-refractivity contribution in [2.75, 3.05) is 13.2 Å². The molecule has 0 aliphatic carbocycles. The van der Waals surface area contributed by atoms with Gasteiger partial charge in [-0.2, -0.15) is 0 Å². The van der Waals surface area contributed by atoms with Crippen LogP contribution in [-0.2, 0) is 0 Å². The van der Waals surface area contributed by atoms with Crippen molar-refractivity contribution in [1.29, 1.82) is 0 Å². The van der Waals surface area contributed by atoms with E-state index < -0.39 is 0 Å². The van der Waals surface area contributed by atoms with Gasteiger partial charge in [0.25, 0.3) is 5.91 Å². The first-order valence-corrected chi connectivity index (χ1v) is 7.52. The third-order valence-corrected chi connectivity index (χ3v) is 3.29. The van der Waals surface area contributed by atoms with E-state index in [2.05, 4.69) is 18.8 Å². The molecule has 0 atom stereocenters. The van der Waals surface area contributed by atoms with Crippen molar-refractivity contribution < 1.29 is 9.90 Å². The Balaban J connectivity index is 3.08. The molecule has 0 saturated carbocycles. The summed E-state index contributed by atoms with van der Waals surface area (Å²) in [5.41, 5.74) is 2.50. The van der Waals surface area contributed by atoms with Crippen molar-refractivity contribution in [3.8, 4) is 11.8 Å². The predicted octanol–water partition coefficient (Wildman–Crippen LogP) is 2.99. The quantitative estimate of drug-likeness (QED) is 0.846. The highest BCUT2D eigenvalue weighted by molar-refractivity contribution is 5.96. The van der Waals surface area contributed by atoms with Gasteiger partial charge >= 0.3 is 0 Å². The zero-order valence-electron chi connectivity index (χ0n) is 13.4. The van der Waals surface area contributed by atoms with E-state index in [-0.39, 0.29) is 18.6 Å². The molecule has 3 heteroatoms. The molecule has 1 N–H and O–H groups in total. The van der Waals surface area contributed by atoms with Crippen LogP contribution in [0.2, 0.25) is 0 Å². The van der Waals surface area contributed by atoms with E-state index in [9.17, 15) is 4.79 Å². The topological polar surface area (TPSA) is 40.5 Å². The van der Waals surface area contributed by atoms with Crippen LogP contribution in [0.15, 0.2) is 18.2 Å². The van der Waals surface area contributed by atoms with Gasteiger partial charge in [0, 0.05) is 30.1 Å². The van der Waals surface area contributed by atoms with Crippen molar-refractivity contribution >= 4 is 5.91 Å². The molecule has 114 valence electrons. The zero-order chi connectivity index (χ0) is 15.8. The summed E-state index contributed by atoms with van der Waals surface area (Å²) in [5.74, 6) is 5.94. The van der Waals surface area contributed by atoms with E-state index in [1.165, 1.54) is 0 Å². The molecule has 0 saturated heterocycles. The minimum absolute atomic E-state index is 0.0578. The molecule has 21 heavy (non-hydrogen) atoms.